The molecule has 19 heavy (non-hydrogen) atoms. The van der Waals surface area contributed by atoms with Gasteiger partial charge < -0.3 is 15.4 Å². The lowest BCUT2D eigenvalue weighted by molar-refractivity contribution is 0.0636. The number of hydrogen-bond acceptors (Lipinski definition) is 4. The molecule has 0 saturated carbocycles. The number of nitrogen functional groups attached to an aromatic ring is 1. The molecule has 0 unspecified atom stereocenters. The van der Waals surface area contributed by atoms with E-state index in [-0.39, 0.29) is 5.69 Å². The molecular formula is C13H20FN3O2. The first-order valence-electron chi connectivity index (χ1n) is 5.86. The number of halogens is 1. The highest BCUT2D eigenvalue weighted by Gasteiger charge is 2.18. The van der Waals surface area contributed by atoms with Crippen molar-refractivity contribution in [2.45, 2.75) is 26.4 Å². The summed E-state index contributed by atoms with van der Waals surface area (Å²) in [5, 5.41) is 2.51. The standard InChI is InChI=1S/C13H20FN3O2/c1-13(2,3)19-12(18)16-10-7-11(17(4)5)8(14)6-9(10)15/h6-7H,15H2,1-5H3,(H,16,18). The number of amides is 1. The Kier molecular flexibility index (Phi) is 4.24. The first-order chi connectivity index (χ1) is 8.60. The molecule has 0 saturated heterocycles. The van der Waals surface area contributed by atoms with Gasteiger partial charge in [0.05, 0.1) is 17.1 Å². The minimum absolute atomic E-state index is 0.147. The molecule has 0 fully saturated rings. The van der Waals surface area contributed by atoms with Gasteiger partial charge in [-0.1, -0.05) is 0 Å². The number of benzene rings is 1. The van der Waals surface area contributed by atoms with Gasteiger partial charge in [-0.3, -0.25) is 5.32 Å². The molecule has 0 atom stereocenters. The highest BCUT2D eigenvalue weighted by atomic mass is 19.1. The van der Waals surface area contributed by atoms with Gasteiger partial charge in [0.15, 0.2) is 0 Å². The predicted octanol–water partition coefficient (Wildman–Crippen LogP) is 2.82. The average molecular weight is 269 g/mol. The number of ether oxygens (including phenoxy) is 1. The number of nitrogens with one attached hydrogen (secondary N) is 1. The molecule has 0 aliphatic heterocycles. The van der Waals surface area contributed by atoms with Crippen molar-refractivity contribution in [1.82, 2.24) is 0 Å². The fourth-order valence-electron chi connectivity index (χ4n) is 1.44. The van der Waals surface area contributed by atoms with Crippen molar-refractivity contribution in [3.63, 3.8) is 0 Å². The number of carbonyl (C=O) groups excluding carboxylic acids is 1. The maximum absolute atomic E-state index is 13.6. The van der Waals surface area contributed by atoms with Crippen LogP contribution in [0.2, 0.25) is 0 Å². The van der Waals surface area contributed by atoms with E-state index in [0.717, 1.165) is 0 Å². The summed E-state index contributed by atoms with van der Waals surface area (Å²) in [6.45, 7) is 5.27. The normalized spacial score (nSPS) is 11.1. The van der Waals surface area contributed by atoms with Gasteiger partial charge in [0, 0.05) is 20.2 Å². The summed E-state index contributed by atoms with van der Waals surface area (Å²) in [5.74, 6) is -0.447. The summed E-state index contributed by atoms with van der Waals surface area (Å²) in [6, 6.07) is 2.64. The van der Waals surface area contributed by atoms with E-state index < -0.39 is 17.5 Å². The molecule has 6 heteroatoms. The van der Waals surface area contributed by atoms with Crippen molar-refractivity contribution in [3.8, 4) is 0 Å². The second kappa shape index (κ2) is 5.34. The maximum atomic E-state index is 13.6. The maximum Gasteiger partial charge on any atom is 0.412 e. The third-order valence-electron chi connectivity index (χ3n) is 2.24. The second-order valence-corrected chi connectivity index (χ2v) is 5.41. The Labute approximate surface area is 112 Å². The van der Waals surface area contributed by atoms with E-state index in [1.165, 1.54) is 12.1 Å². The Morgan fingerprint density at radius 1 is 1.37 bits per heavy atom. The fraction of sp³-hybridized carbons (Fsp3) is 0.462. The first kappa shape index (κ1) is 15.1. The minimum atomic E-state index is -0.629. The number of nitrogens with zero attached hydrogens (tertiary/aromatic N) is 1. The molecule has 0 radical (unpaired) electrons. The lowest BCUT2D eigenvalue weighted by Gasteiger charge is -2.21. The summed E-state index contributed by atoms with van der Waals surface area (Å²) in [5.41, 5.74) is 5.87. The van der Waals surface area contributed by atoms with Crippen LogP contribution in [0.3, 0.4) is 0 Å². The zero-order valence-electron chi connectivity index (χ0n) is 11.9. The highest BCUT2D eigenvalue weighted by Crippen LogP contribution is 2.28. The molecule has 0 aliphatic rings. The van der Waals surface area contributed by atoms with Crippen molar-refractivity contribution >= 4 is 23.2 Å². The van der Waals surface area contributed by atoms with Gasteiger partial charge in [-0.05, 0) is 26.8 Å². The van der Waals surface area contributed by atoms with E-state index in [0.29, 0.717) is 11.4 Å². The summed E-state index contributed by atoms with van der Waals surface area (Å²) >= 11 is 0. The average Bonchev–Trinajstić information content (AvgIpc) is 2.18. The van der Waals surface area contributed by atoms with E-state index in [4.69, 9.17) is 10.5 Å². The summed E-state index contributed by atoms with van der Waals surface area (Å²) in [6.07, 6.45) is -0.629. The van der Waals surface area contributed by atoms with Crippen LogP contribution in [-0.2, 0) is 4.74 Å². The van der Waals surface area contributed by atoms with Crippen molar-refractivity contribution in [2.75, 3.05) is 30.0 Å². The van der Waals surface area contributed by atoms with Crippen LogP contribution in [0.4, 0.5) is 26.2 Å². The van der Waals surface area contributed by atoms with Gasteiger partial charge in [0.25, 0.3) is 0 Å². The van der Waals surface area contributed by atoms with Gasteiger partial charge in [-0.2, -0.15) is 0 Å². The molecule has 1 aromatic rings. The summed E-state index contributed by atoms with van der Waals surface area (Å²) < 4.78 is 18.7. The monoisotopic (exact) mass is 269 g/mol. The Bertz CT molecular complexity index is 482. The Morgan fingerprint density at radius 2 is 1.95 bits per heavy atom. The first-order valence-corrected chi connectivity index (χ1v) is 5.86. The zero-order valence-corrected chi connectivity index (χ0v) is 11.9. The number of hydrogen-bond donors (Lipinski definition) is 2. The van der Waals surface area contributed by atoms with Gasteiger partial charge in [-0.25, -0.2) is 9.18 Å². The topological polar surface area (TPSA) is 67.6 Å². The van der Waals surface area contributed by atoms with Crippen LogP contribution in [0, 0.1) is 5.82 Å². The molecular weight excluding hydrogens is 249 g/mol. The van der Waals surface area contributed by atoms with Crippen LogP contribution in [0.1, 0.15) is 20.8 Å². The van der Waals surface area contributed by atoms with Crippen molar-refractivity contribution < 1.29 is 13.9 Å². The van der Waals surface area contributed by atoms with Gasteiger partial charge >= 0.3 is 6.09 Å². The molecule has 0 aromatic heterocycles. The molecule has 1 amide bonds. The Balaban J connectivity index is 2.95. The summed E-state index contributed by atoms with van der Waals surface area (Å²) in [7, 11) is 3.40. The number of rotatable bonds is 2. The van der Waals surface area contributed by atoms with Crippen LogP contribution < -0.4 is 16.0 Å². The zero-order chi connectivity index (χ0) is 14.8. The van der Waals surface area contributed by atoms with Crippen LogP contribution in [-0.4, -0.2) is 25.8 Å². The third-order valence-corrected chi connectivity index (χ3v) is 2.24. The molecule has 1 rings (SSSR count). The van der Waals surface area contributed by atoms with E-state index in [1.807, 2.05) is 0 Å². The Morgan fingerprint density at radius 3 is 2.42 bits per heavy atom. The van der Waals surface area contributed by atoms with Crippen molar-refractivity contribution in [2.24, 2.45) is 0 Å². The van der Waals surface area contributed by atoms with Crippen molar-refractivity contribution in [1.29, 1.82) is 0 Å². The van der Waals surface area contributed by atoms with Gasteiger partial charge in [0.2, 0.25) is 0 Å². The Hall–Kier alpha value is -1.98. The molecule has 0 bridgehead atoms. The predicted molar refractivity (Wildman–Crippen MR) is 75.0 cm³/mol. The van der Waals surface area contributed by atoms with E-state index in [1.54, 1.807) is 39.8 Å². The van der Waals surface area contributed by atoms with E-state index in [2.05, 4.69) is 5.32 Å². The number of anilines is 3. The van der Waals surface area contributed by atoms with Crippen LogP contribution in [0.5, 0.6) is 0 Å². The molecule has 1 aromatic carbocycles. The lowest BCUT2D eigenvalue weighted by atomic mass is 10.2. The quantitative estimate of drug-likeness (QED) is 0.810. The van der Waals surface area contributed by atoms with Crippen LogP contribution in [0.15, 0.2) is 12.1 Å². The number of nitrogens with two attached hydrogens (primary N) is 1. The van der Waals surface area contributed by atoms with E-state index in [9.17, 15) is 9.18 Å². The smallest absolute Gasteiger partial charge is 0.412 e. The lowest BCUT2D eigenvalue weighted by Crippen LogP contribution is -2.27. The molecule has 5 nitrogen and oxygen atoms in total. The largest absolute Gasteiger partial charge is 0.444 e. The number of carbonyl (C=O) groups is 1. The van der Waals surface area contributed by atoms with Crippen LogP contribution >= 0.6 is 0 Å². The van der Waals surface area contributed by atoms with Crippen molar-refractivity contribution in [3.05, 3.63) is 17.9 Å². The fourth-order valence-corrected chi connectivity index (χ4v) is 1.44. The second-order valence-electron chi connectivity index (χ2n) is 5.41. The molecule has 0 heterocycles. The molecule has 106 valence electrons. The molecule has 3 N–H and O–H groups in total. The van der Waals surface area contributed by atoms with Gasteiger partial charge in [0.1, 0.15) is 11.4 Å². The molecule has 0 aliphatic carbocycles. The van der Waals surface area contributed by atoms with Crippen LogP contribution in [0.25, 0.3) is 0 Å². The van der Waals surface area contributed by atoms with Gasteiger partial charge in [-0.15, -0.1) is 0 Å². The highest BCUT2D eigenvalue weighted by molar-refractivity contribution is 5.90. The third kappa shape index (κ3) is 4.31. The molecule has 0 spiro atoms. The SMILES string of the molecule is CN(C)c1cc(NC(=O)OC(C)(C)C)c(N)cc1F. The van der Waals surface area contributed by atoms with E-state index >= 15 is 0 Å². The summed E-state index contributed by atoms with van der Waals surface area (Å²) in [4.78, 5) is 13.2. The minimum Gasteiger partial charge on any atom is -0.444 e.